The molecule has 29 heavy (non-hydrogen) atoms. The monoisotopic (exact) mass is 403 g/mol. The van der Waals surface area contributed by atoms with Crippen LogP contribution in [0.4, 0.5) is 11.5 Å². The number of aliphatic hydroxyl groups is 1. The van der Waals surface area contributed by atoms with Crippen molar-refractivity contribution in [3.05, 3.63) is 46.3 Å². The van der Waals surface area contributed by atoms with Crippen molar-refractivity contribution in [3.63, 3.8) is 0 Å². The van der Waals surface area contributed by atoms with E-state index >= 15 is 0 Å². The minimum atomic E-state index is -0.587. The summed E-state index contributed by atoms with van der Waals surface area (Å²) in [4.78, 5) is 34.9. The van der Waals surface area contributed by atoms with E-state index < -0.39 is 10.9 Å². The molecule has 11 nitrogen and oxygen atoms in total. The number of nitrogens with zero attached hydrogens (tertiary/aromatic N) is 5. The van der Waals surface area contributed by atoms with E-state index in [1.807, 2.05) is 11.9 Å². The van der Waals surface area contributed by atoms with Gasteiger partial charge < -0.3 is 24.4 Å². The summed E-state index contributed by atoms with van der Waals surface area (Å²) in [6.45, 7) is 2.40. The van der Waals surface area contributed by atoms with Crippen molar-refractivity contribution < 1.29 is 24.3 Å². The number of aliphatic hydroxyl groups excluding tert-OH is 1. The molecule has 2 heterocycles. The molecule has 1 aromatic heterocycles. The first-order valence-corrected chi connectivity index (χ1v) is 8.98. The predicted octanol–water partition coefficient (Wildman–Crippen LogP) is 1.08. The Morgan fingerprint density at radius 1 is 1.21 bits per heavy atom. The summed E-state index contributed by atoms with van der Waals surface area (Å²) in [5.41, 5.74) is -0.0374. The lowest BCUT2D eigenvalue weighted by Crippen LogP contribution is -2.45. The Kier molecular flexibility index (Phi) is 6.52. The molecular formula is C18H21N5O6. The van der Waals surface area contributed by atoms with Gasteiger partial charge in [0.2, 0.25) is 5.82 Å². The smallest absolute Gasteiger partial charge is 0.373 e. The van der Waals surface area contributed by atoms with E-state index in [2.05, 4.69) is 14.9 Å². The van der Waals surface area contributed by atoms with Crippen LogP contribution >= 0.6 is 0 Å². The van der Waals surface area contributed by atoms with E-state index in [9.17, 15) is 14.9 Å². The fourth-order valence-electron chi connectivity index (χ4n) is 2.83. The van der Waals surface area contributed by atoms with Gasteiger partial charge in [-0.15, -0.1) is 0 Å². The van der Waals surface area contributed by atoms with E-state index in [0.717, 1.165) is 13.1 Å². The number of esters is 1. The van der Waals surface area contributed by atoms with Gasteiger partial charge in [-0.1, -0.05) is 0 Å². The molecule has 0 unspecified atom stereocenters. The number of benzene rings is 1. The standard InChI is InChI=1S/C18H21N5O6/c1-21-6-8-22(9-7-21)16-15(23(26)27)17(20-12-19-16)29-14-4-2-13(3-5-14)18(25)28-11-10-24/h2-5,12,24H,6-11H2,1H3. The van der Waals surface area contributed by atoms with E-state index in [0.29, 0.717) is 13.1 Å². The molecule has 0 amide bonds. The van der Waals surface area contributed by atoms with E-state index in [-0.39, 0.29) is 41.9 Å². The van der Waals surface area contributed by atoms with Crippen molar-refractivity contribution in [2.24, 2.45) is 0 Å². The van der Waals surface area contributed by atoms with Crippen LogP contribution in [0.3, 0.4) is 0 Å². The lowest BCUT2D eigenvalue weighted by molar-refractivity contribution is -0.385. The van der Waals surface area contributed by atoms with Gasteiger partial charge in [0.1, 0.15) is 18.7 Å². The lowest BCUT2D eigenvalue weighted by Gasteiger charge is -2.32. The molecular weight excluding hydrogens is 382 g/mol. The van der Waals surface area contributed by atoms with Crippen LogP contribution in [0.15, 0.2) is 30.6 Å². The van der Waals surface area contributed by atoms with Gasteiger partial charge in [0.15, 0.2) is 0 Å². The molecule has 0 bridgehead atoms. The number of ether oxygens (including phenoxy) is 2. The third kappa shape index (κ3) is 4.95. The van der Waals surface area contributed by atoms with E-state index in [1.165, 1.54) is 30.6 Å². The van der Waals surface area contributed by atoms with Crippen molar-refractivity contribution in [1.29, 1.82) is 0 Å². The Morgan fingerprint density at radius 2 is 1.90 bits per heavy atom. The highest BCUT2D eigenvalue weighted by Gasteiger charge is 2.30. The maximum atomic E-state index is 11.8. The summed E-state index contributed by atoms with van der Waals surface area (Å²) in [7, 11) is 1.99. The Bertz CT molecular complexity index is 868. The zero-order valence-electron chi connectivity index (χ0n) is 15.9. The summed E-state index contributed by atoms with van der Waals surface area (Å²) < 4.78 is 10.4. The van der Waals surface area contributed by atoms with Crippen LogP contribution in [0.2, 0.25) is 0 Å². The highest BCUT2D eigenvalue weighted by Crippen LogP contribution is 2.36. The molecule has 1 fully saturated rings. The molecule has 0 aliphatic carbocycles. The largest absolute Gasteiger partial charge is 0.460 e. The maximum absolute atomic E-state index is 11.8. The number of carbonyl (C=O) groups is 1. The second kappa shape index (κ2) is 9.26. The number of nitro groups is 1. The molecule has 0 spiro atoms. The molecule has 0 saturated carbocycles. The fourth-order valence-corrected chi connectivity index (χ4v) is 2.83. The first-order valence-electron chi connectivity index (χ1n) is 8.98. The van der Waals surface area contributed by atoms with Crippen LogP contribution in [0, 0.1) is 10.1 Å². The van der Waals surface area contributed by atoms with Gasteiger partial charge in [0.25, 0.3) is 0 Å². The van der Waals surface area contributed by atoms with E-state index in [1.54, 1.807) is 0 Å². The molecule has 1 N–H and O–H groups in total. The molecule has 0 atom stereocenters. The van der Waals surface area contributed by atoms with Gasteiger partial charge in [-0.3, -0.25) is 10.1 Å². The average molecular weight is 403 g/mol. The van der Waals surface area contributed by atoms with Crippen LogP contribution in [0.1, 0.15) is 10.4 Å². The fraction of sp³-hybridized carbons (Fsp3) is 0.389. The van der Waals surface area contributed by atoms with Crippen LogP contribution < -0.4 is 9.64 Å². The van der Waals surface area contributed by atoms with Gasteiger partial charge in [0, 0.05) is 26.2 Å². The molecule has 1 aliphatic rings. The number of hydrogen-bond acceptors (Lipinski definition) is 10. The zero-order chi connectivity index (χ0) is 20.8. The van der Waals surface area contributed by atoms with Crippen molar-refractivity contribution in [2.45, 2.75) is 0 Å². The van der Waals surface area contributed by atoms with Crippen LogP contribution in [-0.4, -0.2) is 77.3 Å². The highest BCUT2D eigenvalue weighted by atomic mass is 16.6. The highest BCUT2D eigenvalue weighted by molar-refractivity contribution is 5.89. The maximum Gasteiger partial charge on any atom is 0.373 e. The molecule has 11 heteroatoms. The molecule has 2 aromatic rings. The summed E-state index contributed by atoms with van der Waals surface area (Å²) in [6, 6.07) is 5.89. The first-order chi connectivity index (χ1) is 14.0. The molecule has 0 radical (unpaired) electrons. The first kappa shape index (κ1) is 20.4. The van der Waals surface area contributed by atoms with Crippen LogP contribution in [-0.2, 0) is 4.74 Å². The third-order valence-electron chi connectivity index (χ3n) is 4.38. The third-order valence-corrected chi connectivity index (χ3v) is 4.38. The summed E-state index contributed by atoms with van der Waals surface area (Å²) >= 11 is 0. The molecule has 154 valence electrons. The van der Waals surface area contributed by atoms with Gasteiger partial charge >= 0.3 is 17.5 Å². The SMILES string of the molecule is CN1CCN(c2ncnc(Oc3ccc(C(=O)OCCO)cc3)c2[N+](=O)[O-])CC1. The topological polar surface area (TPSA) is 131 Å². The van der Waals surface area contributed by atoms with Gasteiger partial charge in [0.05, 0.1) is 17.1 Å². The van der Waals surface area contributed by atoms with Gasteiger partial charge in [-0.05, 0) is 31.3 Å². The average Bonchev–Trinajstić information content (AvgIpc) is 2.72. The van der Waals surface area contributed by atoms with Crippen LogP contribution in [0.5, 0.6) is 11.6 Å². The quantitative estimate of drug-likeness (QED) is 0.407. The number of anilines is 1. The van der Waals surface area contributed by atoms with Crippen molar-refractivity contribution in [3.8, 4) is 11.6 Å². The Labute approximate surface area is 166 Å². The number of aromatic nitrogens is 2. The Hall–Kier alpha value is -3.31. The Balaban J connectivity index is 1.81. The van der Waals surface area contributed by atoms with E-state index in [4.69, 9.17) is 14.6 Å². The summed E-state index contributed by atoms with van der Waals surface area (Å²) in [5.74, 6) is -0.266. The zero-order valence-corrected chi connectivity index (χ0v) is 15.9. The number of hydrogen-bond donors (Lipinski definition) is 1. The summed E-state index contributed by atoms with van der Waals surface area (Å²) in [6.07, 6.45) is 1.23. The number of rotatable bonds is 7. The predicted molar refractivity (Wildman–Crippen MR) is 102 cm³/mol. The normalized spacial score (nSPS) is 14.5. The van der Waals surface area contributed by atoms with Crippen LogP contribution in [0.25, 0.3) is 0 Å². The molecule has 1 saturated heterocycles. The number of likely N-dealkylation sites (N-methyl/N-ethyl adjacent to an activating group) is 1. The second-order valence-electron chi connectivity index (χ2n) is 6.38. The number of piperazine rings is 1. The minimum absolute atomic E-state index is 0.0979. The molecule has 1 aromatic carbocycles. The number of carbonyl (C=O) groups excluding carboxylic acids is 1. The Morgan fingerprint density at radius 3 is 2.52 bits per heavy atom. The lowest BCUT2D eigenvalue weighted by atomic mass is 10.2. The van der Waals surface area contributed by atoms with Crippen molar-refractivity contribution in [1.82, 2.24) is 14.9 Å². The summed E-state index contributed by atoms with van der Waals surface area (Å²) in [5, 5.41) is 20.4. The molecule has 3 rings (SSSR count). The van der Waals surface area contributed by atoms with Crippen molar-refractivity contribution in [2.75, 3.05) is 51.3 Å². The van der Waals surface area contributed by atoms with Gasteiger partial charge in [-0.25, -0.2) is 9.78 Å². The second-order valence-corrected chi connectivity index (χ2v) is 6.38. The van der Waals surface area contributed by atoms with Gasteiger partial charge in [-0.2, -0.15) is 4.98 Å². The molecule has 1 aliphatic heterocycles. The van der Waals surface area contributed by atoms with Crippen molar-refractivity contribution >= 4 is 17.5 Å². The minimum Gasteiger partial charge on any atom is -0.460 e.